The van der Waals surface area contributed by atoms with Gasteiger partial charge in [-0.1, -0.05) is 31.2 Å². The van der Waals surface area contributed by atoms with Crippen LogP contribution in [0.25, 0.3) is 0 Å². The molecular formula is C13H17NO3. The van der Waals surface area contributed by atoms with Crippen molar-refractivity contribution in [2.45, 2.75) is 32.7 Å². The summed E-state index contributed by atoms with van der Waals surface area (Å²) in [6.45, 7) is 2.53. The lowest BCUT2D eigenvalue weighted by Gasteiger charge is -2.05. The van der Waals surface area contributed by atoms with Gasteiger partial charge in [0.2, 0.25) is 5.91 Å². The first kappa shape index (κ1) is 13.2. The van der Waals surface area contributed by atoms with Gasteiger partial charge in [0, 0.05) is 13.0 Å². The van der Waals surface area contributed by atoms with Gasteiger partial charge in [-0.25, -0.2) is 0 Å². The number of benzene rings is 1. The Morgan fingerprint density at radius 3 is 2.24 bits per heavy atom. The monoisotopic (exact) mass is 235 g/mol. The van der Waals surface area contributed by atoms with Crippen molar-refractivity contribution in [3.05, 3.63) is 35.4 Å². The fourth-order valence-electron chi connectivity index (χ4n) is 1.40. The SMILES string of the molecule is CCc1ccc(CNC(=O)CCC(=O)O)cc1. The van der Waals surface area contributed by atoms with Crippen LogP contribution in [0.1, 0.15) is 30.9 Å². The lowest BCUT2D eigenvalue weighted by molar-refractivity contribution is -0.138. The third-order valence-electron chi connectivity index (χ3n) is 2.49. The molecule has 0 aliphatic rings. The smallest absolute Gasteiger partial charge is 0.303 e. The summed E-state index contributed by atoms with van der Waals surface area (Å²) < 4.78 is 0. The summed E-state index contributed by atoms with van der Waals surface area (Å²) in [5.74, 6) is -1.18. The molecule has 92 valence electrons. The minimum Gasteiger partial charge on any atom is -0.481 e. The fraction of sp³-hybridized carbons (Fsp3) is 0.385. The van der Waals surface area contributed by atoms with Crippen LogP contribution in [0.2, 0.25) is 0 Å². The van der Waals surface area contributed by atoms with Crippen molar-refractivity contribution in [2.24, 2.45) is 0 Å². The molecule has 0 atom stereocenters. The van der Waals surface area contributed by atoms with Crippen LogP contribution in [0.15, 0.2) is 24.3 Å². The Bertz CT molecular complexity index is 384. The number of aryl methyl sites for hydroxylation is 1. The molecule has 1 rings (SSSR count). The molecule has 0 spiro atoms. The van der Waals surface area contributed by atoms with Crippen LogP contribution in [0, 0.1) is 0 Å². The number of aliphatic carboxylic acids is 1. The van der Waals surface area contributed by atoms with Crippen molar-refractivity contribution in [3.63, 3.8) is 0 Å². The van der Waals surface area contributed by atoms with Crippen molar-refractivity contribution < 1.29 is 14.7 Å². The van der Waals surface area contributed by atoms with E-state index in [1.54, 1.807) is 0 Å². The van der Waals surface area contributed by atoms with Gasteiger partial charge in [-0.3, -0.25) is 9.59 Å². The average molecular weight is 235 g/mol. The maximum Gasteiger partial charge on any atom is 0.303 e. The fourth-order valence-corrected chi connectivity index (χ4v) is 1.40. The summed E-state index contributed by atoms with van der Waals surface area (Å²) in [7, 11) is 0. The standard InChI is InChI=1S/C13H17NO3/c1-2-10-3-5-11(6-4-10)9-14-12(15)7-8-13(16)17/h3-6H,2,7-9H2,1H3,(H,14,15)(H,16,17). The number of hydrogen-bond acceptors (Lipinski definition) is 2. The van der Waals surface area contributed by atoms with Crippen LogP contribution in [0.4, 0.5) is 0 Å². The maximum atomic E-state index is 11.3. The molecule has 17 heavy (non-hydrogen) atoms. The Morgan fingerprint density at radius 1 is 1.12 bits per heavy atom. The molecular weight excluding hydrogens is 218 g/mol. The molecule has 4 heteroatoms. The molecule has 0 saturated carbocycles. The highest BCUT2D eigenvalue weighted by atomic mass is 16.4. The van der Waals surface area contributed by atoms with E-state index >= 15 is 0 Å². The van der Waals surface area contributed by atoms with Gasteiger partial charge < -0.3 is 10.4 Å². The minimum atomic E-state index is -0.951. The van der Waals surface area contributed by atoms with Crippen LogP contribution < -0.4 is 5.32 Å². The first-order valence-corrected chi connectivity index (χ1v) is 5.68. The molecule has 0 radical (unpaired) electrons. The van der Waals surface area contributed by atoms with Crippen molar-refractivity contribution in [1.29, 1.82) is 0 Å². The zero-order valence-electron chi connectivity index (χ0n) is 9.90. The Morgan fingerprint density at radius 2 is 1.71 bits per heavy atom. The van der Waals surface area contributed by atoms with Gasteiger partial charge in [-0.05, 0) is 17.5 Å². The van der Waals surface area contributed by atoms with E-state index in [9.17, 15) is 9.59 Å². The van der Waals surface area contributed by atoms with Gasteiger partial charge >= 0.3 is 5.97 Å². The summed E-state index contributed by atoms with van der Waals surface area (Å²) in [5, 5.41) is 11.1. The molecule has 0 aromatic heterocycles. The maximum absolute atomic E-state index is 11.3. The van der Waals surface area contributed by atoms with Crippen molar-refractivity contribution in [1.82, 2.24) is 5.32 Å². The second-order valence-electron chi connectivity index (χ2n) is 3.84. The third-order valence-corrected chi connectivity index (χ3v) is 2.49. The van der Waals surface area contributed by atoms with E-state index in [-0.39, 0.29) is 18.7 Å². The average Bonchev–Trinajstić information content (AvgIpc) is 2.34. The van der Waals surface area contributed by atoms with E-state index in [1.807, 2.05) is 24.3 Å². The highest BCUT2D eigenvalue weighted by Crippen LogP contribution is 2.04. The lowest BCUT2D eigenvalue weighted by Crippen LogP contribution is -2.23. The van der Waals surface area contributed by atoms with Crippen molar-refractivity contribution in [2.75, 3.05) is 0 Å². The van der Waals surface area contributed by atoms with Crippen LogP contribution in [-0.4, -0.2) is 17.0 Å². The summed E-state index contributed by atoms with van der Waals surface area (Å²) >= 11 is 0. The lowest BCUT2D eigenvalue weighted by atomic mass is 10.1. The molecule has 0 unspecified atom stereocenters. The van der Waals surface area contributed by atoms with E-state index < -0.39 is 5.97 Å². The summed E-state index contributed by atoms with van der Waals surface area (Å²) in [5.41, 5.74) is 2.27. The zero-order chi connectivity index (χ0) is 12.7. The number of carboxylic acids is 1. The third kappa shape index (κ3) is 5.15. The molecule has 2 N–H and O–H groups in total. The Kier molecular flexibility index (Phi) is 5.20. The molecule has 0 aliphatic heterocycles. The van der Waals surface area contributed by atoms with Gasteiger partial charge in [0.25, 0.3) is 0 Å². The molecule has 0 saturated heterocycles. The zero-order valence-corrected chi connectivity index (χ0v) is 9.90. The molecule has 0 heterocycles. The number of hydrogen-bond donors (Lipinski definition) is 2. The Hall–Kier alpha value is -1.84. The number of carbonyl (C=O) groups is 2. The second-order valence-corrected chi connectivity index (χ2v) is 3.84. The number of carboxylic acid groups (broad SMARTS) is 1. The van der Waals surface area contributed by atoms with Crippen LogP contribution in [-0.2, 0) is 22.6 Å². The number of nitrogens with one attached hydrogen (secondary N) is 1. The molecule has 4 nitrogen and oxygen atoms in total. The summed E-state index contributed by atoms with van der Waals surface area (Å²) in [6.07, 6.45) is 0.897. The van der Waals surface area contributed by atoms with E-state index in [0.29, 0.717) is 6.54 Å². The van der Waals surface area contributed by atoms with Crippen LogP contribution in [0.3, 0.4) is 0 Å². The largest absolute Gasteiger partial charge is 0.481 e. The second kappa shape index (κ2) is 6.68. The quantitative estimate of drug-likeness (QED) is 0.789. The molecule has 0 fully saturated rings. The number of carbonyl (C=O) groups excluding carboxylic acids is 1. The van der Waals surface area contributed by atoms with Crippen LogP contribution >= 0.6 is 0 Å². The van der Waals surface area contributed by atoms with Crippen LogP contribution in [0.5, 0.6) is 0 Å². The van der Waals surface area contributed by atoms with E-state index in [0.717, 1.165) is 12.0 Å². The molecule has 0 bridgehead atoms. The van der Waals surface area contributed by atoms with Gasteiger partial charge in [-0.15, -0.1) is 0 Å². The predicted octanol–water partition coefficient (Wildman–Crippen LogP) is 1.73. The Balaban J connectivity index is 2.34. The highest BCUT2D eigenvalue weighted by Gasteiger charge is 2.04. The Labute approximate surface area is 101 Å². The predicted molar refractivity (Wildman–Crippen MR) is 64.5 cm³/mol. The number of amides is 1. The number of rotatable bonds is 6. The van der Waals surface area contributed by atoms with E-state index in [4.69, 9.17) is 5.11 Å². The highest BCUT2D eigenvalue weighted by molar-refractivity contribution is 5.80. The van der Waals surface area contributed by atoms with Gasteiger partial charge in [0.1, 0.15) is 0 Å². The van der Waals surface area contributed by atoms with E-state index in [1.165, 1.54) is 5.56 Å². The topological polar surface area (TPSA) is 66.4 Å². The van der Waals surface area contributed by atoms with Gasteiger partial charge in [0.05, 0.1) is 6.42 Å². The normalized spacial score (nSPS) is 9.94. The molecule has 1 aromatic rings. The summed E-state index contributed by atoms with van der Waals surface area (Å²) in [6, 6.07) is 7.99. The minimum absolute atomic E-state index is 0.0301. The molecule has 1 aromatic carbocycles. The first-order valence-electron chi connectivity index (χ1n) is 5.68. The van der Waals surface area contributed by atoms with Gasteiger partial charge in [-0.2, -0.15) is 0 Å². The molecule has 1 amide bonds. The van der Waals surface area contributed by atoms with Crippen molar-refractivity contribution in [3.8, 4) is 0 Å². The van der Waals surface area contributed by atoms with E-state index in [2.05, 4.69) is 12.2 Å². The van der Waals surface area contributed by atoms with Gasteiger partial charge in [0.15, 0.2) is 0 Å². The van der Waals surface area contributed by atoms with Crippen molar-refractivity contribution >= 4 is 11.9 Å². The summed E-state index contributed by atoms with van der Waals surface area (Å²) in [4.78, 5) is 21.5. The first-order chi connectivity index (χ1) is 8.11. The molecule has 0 aliphatic carbocycles.